The molecule has 0 aliphatic rings. The van der Waals surface area contributed by atoms with Crippen molar-refractivity contribution >= 4 is 22.8 Å². The third-order valence-corrected chi connectivity index (χ3v) is 3.90. The Kier molecular flexibility index (Phi) is 3.61. The van der Waals surface area contributed by atoms with E-state index < -0.39 is 0 Å². The van der Waals surface area contributed by atoms with E-state index in [0.717, 1.165) is 23.7 Å². The number of anilines is 2. The Bertz CT molecular complexity index is 513. The van der Waals surface area contributed by atoms with Gasteiger partial charge in [0.2, 0.25) is 0 Å². The van der Waals surface area contributed by atoms with Crippen LogP contribution in [0, 0.1) is 6.92 Å². The van der Waals surface area contributed by atoms with Gasteiger partial charge in [-0.1, -0.05) is 6.07 Å². The van der Waals surface area contributed by atoms with Crippen LogP contribution < -0.4 is 10.6 Å². The number of aromatic nitrogens is 2. The van der Waals surface area contributed by atoms with E-state index >= 15 is 0 Å². The van der Waals surface area contributed by atoms with E-state index in [0.29, 0.717) is 6.04 Å². The first-order valence-electron chi connectivity index (χ1n) is 6.08. The first kappa shape index (κ1) is 13.0. The highest BCUT2D eigenvalue weighted by atomic mass is 32.1. The molecule has 0 radical (unpaired) electrons. The molecule has 0 amide bonds. The average molecular weight is 264 g/mol. The summed E-state index contributed by atoms with van der Waals surface area (Å²) in [6.07, 6.45) is 0. The molecule has 4 nitrogen and oxygen atoms in total. The Hall–Kier alpha value is -1.49. The summed E-state index contributed by atoms with van der Waals surface area (Å²) in [4.78, 5) is 3.63. The zero-order valence-corrected chi connectivity index (χ0v) is 12.2. The van der Waals surface area contributed by atoms with Gasteiger partial charge in [0.25, 0.3) is 0 Å². The number of rotatable bonds is 4. The number of hydrogen-bond donors (Lipinski definition) is 1. The summed E-state index contributed by atoms with van der Waals surface area (Å²) in [5.74, 6) is 1.01. The lowest BCUT2D eigenvalue weighted by molar-refractivity contribution is 0.638. The van der Waals surface area contributed by atoms with E-state index in [-0.39, 0.29) is 0 Å². The topological polar surface area (TPSA) is 47.1 Å². The van der Waals surface area contributed by atoms with Gasteiger partial charge in [0.1, 0.15) is 0 Å². The monoisotopic (exact) mass is 264 g/mol. The van der Waals surface area contributed by atoms with Crippen LogP contribution >= 0.6 is 11.3 Å². The second kappa shape index (κ2) is 5.02. The van der Waals surface area contributed by atoms with Crippen molar-refractivity contribution in [3.05, 3.63) is 28.1 Å². The fraction of sp³-hybridized carbons (Fsp3) is 0.462. The smallest absolute Gasteiger partial charge is 0.150 e. The maximum atomic E-state index is 6.15. The highest BCUT2D eigenvalue weighted by molar-refractivity contribution is 7.09. The van der Waals surface area contributed by atoms with Gasteiger partial charge in [-0.3, -0.25) is 4.68 Å². The van der Waals surface area contributed by atoms with Crippen molar-refractivity contribution in [1.82, 2.24) is 9.78 Å². The lowest BCUT2D eigenvalue weighted by atomic mass is 10.2. The van der Waals surface area contributed by atoms with Gasteiger partial charge in [0.05, 0.1) is 17.9 Å². The van der Waals surface area contributed by atoms with E-state index in [1.54, 1.807) is 11.3 Å². The lowest BCUT2D eigenvalue weighted by Crippen LogP contribution is -2.32. The van der Waals surface area contributed by atoms with E-state index in [1.165, 1.54) is 4.88 Å². The molecule has 0 aliphatic carbocycles. The number of hydrogen-bond acceptors (Lipinski definition) is 4. The molecule has 2 rings (SSSR count). The van der Waals surface area contributed by atoms with E-state index in [9.17, 15) is 0 Å². The minimum atomic E-state index is 0.379. The van der Waals surface area contributed by atoms with Crippen molar-refractivity contribution in [1.29, 1.82) is 0 Å². The largest absolute Gasteiger partial charge is 0.394 e. The van der Waals surface area contributed by atoms with Gasteiger partial charge in [0, 0.05) is 18.0 Å². The number of aryl methyl sites for hydroxylation is 2. The van der Waals surface area contributed by atoms with Gasteiger partial charge >= 0.3 is 0 Å². The van der Waals surface area contributed by atoms with Crippen molar-refractivity contribution in [3.8, 4) is 0 Å². The second-order valence-corrected chi connectivity index (χ2v) is 5.78. The number of thiophene rings is 1. The fourth-order valence-corrected chi connectivity index (χ4v) is 2.78. The first-order valence-corrected chi connectivity index (χ1v) is 6.96. The van der Waals surface area contributed by atoms with E-state index in [1.807, 2.05) is 18.7 Å². The minimum absolute atomic E-state index is 0.379. The maximum absolute atomic E-state index is 6.15. The molecule has 5 heteroatoms. The molecule has 98 valence electrons. The second-order valence-electron chi connectivity index (χ2n) is 4.75. The molecule has 0 aliphatic heterocycles. The Labute approximate surface area is 112 Å². The van der Waals surface area contributed by atoms with Crippen LogP contribution in [0.2, 0.25) is 0 Å². The molecule has 0 unspecified atom stereocenters. The molecule has 0 atom stereocenters. The summed E-state index contributed by atoms with van der Waals surface area (Å²) in [5.41, 5.74) is 7.82. The van der Waals surface area contributed by atoms with Crippen molar-refractivity contribution < 1.29 is 0 Å². The standard InChI is InChI=1S/C13H20N4S/c1-9(2)17(8-11-6-5-7-18-11)13-12(14)10(3)15-16(13)4/h5-7,9H,8,14H2,1-4H3. The first-order chi connectivity index (χ1) is 8.50. The molecule has 0 saturated heterocycles. The highest BCUT2D eigenvalue weighted by Crippen LogP contribution is 2.29. The number of nitrogens with zero attached hydrogens (tertiary/aromatic N) is 3. The molecule has 2 N–H and O–H groups in total. The third-order valence-electron chi connectivity index (χ3n) is 3.04. The van der Waals surface area contributed by atoms with Crippen molar-refractivity contribution in [2.75, 3.05) is 10.6 Å². The SMILES string of the molecule is Cc1nn(C)c(N(Cc2cccs2)C(C)C)c1N. The highest BCUT2D eigenvalue weighted by Gasteiger charge is 2.20. The molecule has 0 spiro atoms. The molecule has 2 heterocycles. The summed E-state index contributed by atoms with van der Waals surface area (Å²) < 4.78 is 1.87. The fourth-order valence-electron chi connectivity index (χ4n) is 2.08. The van der Waals surface area contributed by atoms with Crippen molar-refractivity contribution in [2.45, 2.75) is 33.4 Å². The van der Waals surface area contributed by atoms with Gasteiger partial charge in [-0.05, 0) is 32.2 Å². The summed E-state index contributed by atoms with van der Waals surface area (Å²) in [6, 6.07) is 4.61. The zero-order valence-electron chi connectivity index (χ0n) is 11.3. The predicted octanol–water partition coefficient (Wildman–Crippen LogP) is 2.79. The minimum Gasteiger partial charge on any atom is -0.394 e. The van der Waals surface area contributed by atoms with Crippen LogP contribution in [0.15, 0.2) is 17.5 Å². The molecular formula is C13H20N4S. The van der Waals surface area contributed by atoms with Gasteiger partial charge in [0.15, 0.2) is 5.82 Å². The van der Waals surface area contributed by atoms with Crippen LogP contribution in [-0.2, 0) is 13.6 Å². The molecule has 0 saturated carbocycles. The summed E-state index contributed by atoms with van der Waals surface area (Å²) in [6.45, 7) is 7.17. The van der Waals surface area contributed by atoms with Crippen LogP contribution in [0.5, 0.6) is 0 Å². The van der Waals surface area contributed by atoms with Crippen LogP contribution in [0.4, 0.5) is 11.5 Å². The Balaban J connectivity index is 2.35. The van der Waals surface area contributed by atoms with Crippen LogP contribution in [0.1, 0.15) is 24.4 Å². The summed E-state index contributed by atoms with van der Waals surface area (Å²) in [7, 11) is 1.95. The van der Waals surface area contributed by atoms with Gasteiger partial charge in [-0.2, -0.15) is 5.10 Å². The van der Waals surface area contributed by atoms with Crippen LogP contribution in [-0.4, -0.2) is 15.8 Å². The Morgan fingerprint density at radius 2 is 2.22 bits per heavy atom. The Morgan fingerprint density at radius 3 is 2.67 bits per heavy atom. The number of nitrogen functional groups attached to an aromatic ring is 1. The lowest BCUT2D eigenvalue weighted by Gasteiger charge is -2.28. The Morgan fingerprint density at radius 1 is 1.50 bits per heavy atom. The van der Waals surface area contributed by atoms with Gasteiger partial charge in [-0.25, -0.2) is 0 Å². The quantitative estimate of drug-likeness (QED) is 0.923. The van der Waals surface area contributed by atoms with Gasteiger partial charge < -0.3 is 10.6 Å². The molecule has 0 aromatic carbocycles. The molecule has 0 fully saturated rings. The van der Waals surface area contributed by atoms with Gasteiger partial charge in [-0.15, -0.1) is 11.3 Å². The molecular weight excluding hydrogens is 244 g/mol. The van der Waals surface area contributed by atoms with Crippen molar-refractivity contribution in [2.24, 2.45) is 7.05 Å². The average Bonchev–Trinajstić information content (AvgIpc) is 2.87. The van der Waals surface area contributed by atoms with E-state index in [2.05, 4.69) is 41.4 Å². The van der Waals surface area contributed by atoms with Crippen molar-refractivity contribution in [3.63, 3.8) is 0 Å². The molecule has 0 bridgehead atoms. The predicted molar refractivity (Wildman–Crippen MR) is 78.0 cm³/mol. The summed E-state index contributed by atoms with van der Waals surface area (Å²) >= 11 is 1.77. The normalized spacial score (nSPS) is 11.2. The molecule has 2 aromatic heterocycles. The molecule has 2 aromatic rings. The van der Waals surface area contributed by atoms with Crippen LogP contribution in [0.25, 0.3) is 0 Å². The molecule has 18 heavy (non-hydrogen) atoms. The third kappa shape index (κ3) is 2.36. The number of nitrogens with two attached hydrogens (primary N) is 1. The summed E-state index contributed by atoms with van der Waals surface area (Å²) in [5, 5.41) is 6.50. The zero-order chi connectivity index (χ0) is 13.3. The van der Waals surface area contributed by atoms with Crippen LogP contribution in [0.3, 0.4) is 0 Å². The maximum Gasteiger partial charge on any atom is 0.150 e. The van der Waals surface area contributed by atoms with E-state index in [4.69, 9.17) is 5.73 Å².